The quantitative estimate of drug-likeness (QED) is 0.535. The molecule has 1 N–H and O–H groups in total. The van der Waals surface area contributed by atoms with E-state index in [0.29, 0.717) is 4.48 Å². The van der Waals surface area contributed by atoms with Crippen molar-refractivity contribution in [3.05, 3.63) is 32.6 Å². The fourth-order valence-electron chi connectivity index (χ4n) is 0.874. The van der Waals surface area contributed by atoms with Crippen LogP contribution >= 0.6 is 15.9 Å². The number of nitrogens with zero attached hydrogens (tertiary/aromatic N) is 2. The second-order valence-electron chi connectivity index (χ2n) is 2.38. The van der Waals surface area contributed by atoms with Gasteiger partial charge in [-0.25, -0.2) is 0 Å². The van der Waals surface area contributed by atoms with Crippen LogP contribution in [0.1, 0.15) is 0 Å². The Bertz CT molecular complexity index is 274. The Kier molecular flexibility index (Phi) is 2.49. The first-order chi connectivity index (χ1) is 5.52. The van der Waals surface area contributed by atoms with E-state index in [4.69, 9.17) is 0 Å². The molecule has 0 fully saturated rings. The maximum Gasteiger partial charge on any atom is 0.296 e. The number of likely N-dealkylation sites (N-methyl/N-ethyl adjacent to an activating group) is 1. The molecule has 66 valence electrons. The van der Waals surface area contributed by atoms with E-state index in [2.05, 4.69) is 15.9 Å². The molecule has 1 rings (SSSR count). The molecule has 0 saturated carbocycles. The van der Waals surface area contributed by atoms with Crippen molar-refractivity contribution in [2.75, 3.05) is 7.05 Å². The molecule has 6 heteroatoms. The van der Waals surface area contributed by atoms with E-state index in [-0.39, 0.29) is 5.70 Å². The van der Waals surface area contributed by atoms with E-state index in [1.807, 2.05) is 0 Å². The number of halogens is 1. The summed E-state index contributed by atoms with van der Waals surface area (Å²) in [6.07, 6.45) is 1.68. The van der Waals surface area contributed by atoms with Gasteiger partial charge in [0.2, 0.25) is 6.23 Å². The van der Waals surface area contributed by atoms with Gasteiger partial charge in [-0.05, 0) is 15.9 Å². The standard InChI is InChI=1S/C6H7BrN2O3/c1-8-3-4(7)2-5(6(8)10)9(11)12/h2-3,6,10H,1H3. The van der Waals surface area contributed by atoms with Crippen molar-refractivity contribution in [2.45, 2.75) is 6.23 Å². The van der Waals surface area contributed by atoms with Crippen LogP contribution < -0.4 is 0 Å². The highest BCUT2D eigenvalue weighted by molar-refractivity contribution is 9.11. The highest BCUT2D eigenvalue weighted by Gasteiger charge is 2.28. The third kappa shape index (κ3) is 1.64. The molecule has 0 aromatic rings. The maximum absolute atomic E-state index is 10.4. The topological polar surface area (TPSA) is 66.6 Å². The summed E-state index contributed by atoms with van der Waals surface area (Å²) < 4.78 is 0.571. The lowest BCUT2D eigenvalue weighted by atomic mass is 10.3. The number of allylic oxidation sites excluding steroid dienone is 2. The molecule has 1 unspecified atom stereocenters. The Morgan fingerprint density at radius 1 is 1.83 bits per heavy atom. The molecule has 0 radical (unpaired) electrons. The van der Waals surface area contributed by atoms with Crippen LogP contribution in [-0.4, -0.2) is 28.2 Å². The largest absolute Gasteiger partial charge is 0.364 e. The Labute approximate surface area is 77.3 Å². The number of hydrogen-bond acceptors (Lipinski definition) is 4. The lowest BCUT2D eigenvalue weighted by molar-refractivity contribution is -0.440. The third-order valence-electron chi connectivity index (χ3n) is 1.47. The van der Waals surface area contributed by atoms with Crippen molar-refractivity contribution >= 4 is 15.9 Å². The molecule has 1 heterocycles. The van der Waals surface area contributed by atoms with Crippen LogP contribution in [0.3, 0.4) is 0 Å². The Morgan fingerprint density at radius 3 is 2.92 bits per heavy atom. The van der Waals surface area contributed by atoms with Crippen LogP contribution in [0, 0.1) is 10.1 Å². The van der Waals surface area contributed by atoms with Crippen molar-refractivity contribution in [1.29, 1.82) is 0 Å². The van der Waals surface area contributed by atoms with E-state index < -0.39 is 11.2 Å². The first-order valence-electron chi connectivity index (χ1n) is 3.15. The summed E-state index contributed by atoms with van der Waals surface area (Å²) in [7, 11) is 1.56. The molecule has 0 saturated heterocycles. The van der Waals surface area contributed by atoms with E-state index in [1.54, 1.807) is 13.2 Å². The number of aliphatic hydroxyl groups excluding tert-OH is 1. The van der Waals surface area contributed by atoms with Crippen molar-refractivity contribution in [1.82, 2.24) is 4.90 Å². The molecule has 5 nitrogen and oxygen atoms in total. The first-order valence-corrected chi connectivity index (χ1v) is 3.95. The molecule has 1 atom stereocenters. The number of hydrogen-bond donors (Lipinski definition) is 1. The molecule has 1 aliphatic heterocycles. The van der Waals surface area contributed by atoms with Crippen LogP contribution in [0.25, 0.3) is 0 Å². The van der Waals surface area contributed by atoms with Crippen LogP contribution in [0.5, 0.6) is 0 Å². The van der Waals surface area contributed by atoms with Crippen LogP contribution in [0.2, 0.25) is 0 Å². The van der Waals surface area contributed by atoms with Gasteiger partial charge in [-0.15, -0.1) is 0 Å². The normalized spacial score (nSPS) is 23.2. The molecule has 0 aliphatic carbocycles. The Hall–Kier alpha value is -0.880. The van der Waals surface area contributed by atoms with Gasteiger partial charge >= 0.3 is 0 Å². The van der Waals surface area contributed by atoms with Gasteiger partial charge in [-0.1, -0.05) is 0 Å². The molecule has 0 amide bonds. The van der Waals surface area contributed by atoms with Gasteiger partial charge in [0.1, 0.15) is 0 Å². The fraction of sp³-hybridized carbons (Fsp3) is 0.333. The highest BCUT2D eigenvalue weighted by Crippen LogP contribution is 2.21. The van der Waals surface area contributed by atoms with Crippen molar-refractivity contribution in [3.8, 4) is 0 Å². The number of nitro groups is 1. The van der Waals surface area contributed by atoms with Crippen LogP contribution in [0.4, 0.5) is 0 Å². The molecular weight excluding hydrogens is 228 g/mol. The summed E-state index contributed by atoms with van der Waals surface area (Å²) in [5.74, 6) is 0. The zero-order chi connectivity index (χ0) is 9.30. The van der Waals surface area contributed by atoms with Crippen molar-refractivity contribution < 1.29 is 10.0 Å². The summed E-state index contributed by atoms with van der Waals surface area (Å²) in [6, 6.07) is 0. The number of aliphatic hydroxyl groups is 1. The molecule has 0 aromatic heterocycles. The van der Waals surface area contributed by atoms with E-state index in [1.165, 1.54) is 11.0 Å². The SMILES string of the molecule is CN1C=C(Br)C=C([N+](=O)[O-])C1O. The van der Waals surface area contributed by atoms with Crippen LogP contribution in [0.15, 0.2) is 22.5 Å². The summed E-state index contributed by atoms with van der Waals surface area (Å²) in [6.45, 7) is 0. The fourth-order valence-corrected chi connectivity index (χ4v) is 1.43. The predicted octanol–water partition coefficient (Wildman–Crippen LogP) is 0.647. The van der Waals surface area contributed by atoms with Crippen molar-refractivity contribution in [3.63, 3.8) is 0 Å². The average Bonchev–Trinajstić information content (AvgIpc) is 1.96. The molecule has 12 heavy (non-hydrogen) atoms. The monoisotopic (exact) mass is 234 g/mol. The van der Waals surface area contributed by atoms with E-state index in [0.717, 1.165) is 0 Å². The highest BCUT2D eigenvalue weighted by atomic mass is 79.9. The summed E-state index contributed by atoms with van der Waals surface area (Å²) >= 11 is 3.09. The van der Waals surface area contributed by atoms with Gasteiger partial charge in [0.25, 0.3) is 5.70 Å². The lowest BCUT2D eigenvalue weighted by Gasteiger charge is -2.22. The minimum Gasteiger partial charge on any atom is -0.364 e. The zero-order valence-corrected chi connectivity index (χ0v) is 7.85. The van der Waals surface area contributed by atoms with Gasteiger partial charge in [-0.3, -0.25) is 10.1 Å². The molecule has 0 spiro atoms. The Morgan fingerprint density at radius 2 is 2.42 bits per heavy atom. The third-order valence-corrected chi connectivity index (χ3v) is 1.91. The molecule has 0 aromatic carbocycles. The molecular formula is C6H7BrN2O3. The van der Waals surface area contributed by atoms with Gasteiger partial charge in [0, 0.05) is 23.8 Å². The summed E-state index contributed by atoms with van der Waals surface area (Å²) in [5, 5.41) is 19.6. The summed E-state index contributed by atoms with van der Waals surface area (Å²) in [4.78, 5) is 11.1. The second kappa shape index (κ2) is 3.24. The lowest BCUT2D eigenvalue weighted by Crippen LogP contribution is -2.33. The second-order valence-corrected chi connectivity index (χ2v) is 3.30. The zero-order valence-electron chi connectivity index (χ0n) is 6.27. The minimum absolute atomic E-state index is 0.230. The maximum atomic E-state index is 10.4. The van der Waals surface area contributed by atoms with Crippen LogP contribution in [-0.2, 0) is 0 Å². The van der Waals surface area contributed by atoms with Gasteiger partial charge in [-0.2, -0.15) is 0 Å². The molecule has 0 bridgehead atoms. The van der Waals surface area contributed by atoms with Gasteiger partial charge in [0.15, 0.2) is 0 Å². The number of rotatable bonds is 1. The Balaban J connectivity index is 2.98. The van der Waals surface area contributed by atoms with Gasteiger partial charge in [0.05, 0.1) is 4.92 Å². The predicted molar refractivity (Wildman–Crippen MR) is 45.9 cm³/mol. The van der Waals surface area contributed by atoms with Gasteiger partial charge < -0.3 is 10.0 Å². The first kappa shape index (κ1) is 9.21. The average molecular weight is 235 g/mol. The smallest absolute Gasteiger partial charge is 0.296 e. The molecule has 1 aliphatic rings. The van der Waals surface area contributed by atoms with E-state index >= 15 is 0 Å². The summed E-state index contributed by atoms with van der Waals surface area (Å²) in [5.41, 5.74) is -0.230. The van der Waals surface area contributed by atoms with Crippen molar-refractivity contribution in [2.24, 2.45) is 0 Å². The minimum atomic E-state index is -1.17. The van der Waals surface area contributed by atoms with E-state index in [9.17, 15) is 15.2 Å².